The topological polar surface area (TPSA) is 51.2 Å². The molecule has 0 aliphatic carbocycles. The van der Waals surface area contributed by atoms with E-state index in [2.05, 4.69) is 5.32 Å². The highest BCUT2D eigenvalue weighted by Gasteiger charge is 2.12. The maximum atomic E-state index is 5.94. The number of rotatable bonds is 4. The van der Waals surface area contributed by atoms with Crippen LogP contribution in [-0.4, -0.2) is 6.54 Å². The summed E-state index contributed by atoms with van der Waals surface area (Å²) in [6.07, 6.45) is 1.62. The van der Waals surface area contributed by atoms with Gasteiger partial charge in [-0.2, -0.15) is 0 Å². The molecule has 0 radical (unpaired) electrons. The standard InChI is InChI=1S/C12H12Cl2N2O/c13-9-4-3-8(6-10(9)14)16-11(7-15)12-2-1-5-17-12/h1-6,11,16H,7,15H2. The van der Waals surface area contributed by atoms with E-state index in [-0.39, 0.29) is 6.04 Å². The third-order valence-corrected chi connectivity index (χ3v) is 3.12. The molecule has 1 heterocycles. The predicted octanol–water partition coefficient (Wildman–Crippen LogP) is 3.70. The van der Waals surface area contributed by atoms with Crippen molar-refractivity contribution in [3.05, 3.63) is 52.4 Å². The summed E-state index contributed by atoms with van der Waals surface area (Å²) in [6, 6.07) is 8.97. The molecule has 0 saturated carbocycles. The summed E-state index contributed by atoms with van der Waals surface area (Å²) >= 11 is 11.8. The Morgan fingerprint density at radius 2 is 2.06 bits per heavy atom. The number of nitrogens with two attached hydrogens (primary N) is 1. The van der Waals surface area contributed by atoms with Gasteiger partial charge in [0.2, 0.25) is 0 Å². The van der Waals surface area contributed by atoms with Crippen molar-refractivity contribution in [3.63, 3.8) is 0 Å². The zero-order chi connectivity index (χ0) is 12.3. The molecule has 1 atom stereocenters. The van der Waals surface area contributed by atoms with E-state index in [0.717, 1.165) is 11.4 Å². The second-order valence-corrected chi connectivity index (χ2v) is 4.39. The Morgan fingerprint density at radius 3 is 2.65 bits per heavy atom. The van der Waals surface area contributed by atoms with Gasteiger partial charge in [0.05, 0.1) is 22.4 Å². The Labute approximate surface area is 110 Å². The van der Waals surface area contributed by atoms with E-state index in [1.165, 1.54) is 0 Å². The van der Waals surface area contributed by atoms with Crippen LogP contribution in [0.1, 0.15) is 11.8 Å². The lowest BCUT2D eigenvalue weighted by atomic mass is 10.2. The quantitative estimate of drug-likeness (QED) is 0.891. The molecule has 0 saturated heterocycles. The van der Waals surface area contributed by atoms with Gasteiger partial charge in [-0.1, -0.05) is 23.2 Å². The van der Waals surface area contributed by atoms with Crippen molar-refractivity contribution in [2.24, 2.45) is 5.73 Å². The molecule has 0 bridgehead atoms. The Balaban J connectivity index is 2.16. The zero-order valence-corrected chi connectivity index (χ0v) is 10.5. The number of hydrogen-bond donors (Lipinski definition) is 2. The second kappa shape index (κ2) is 5.45. The van der Waals surface area contributed by atoms with Crippen LogP contribution >= 0.6 is 23.2 Å². The molecular weight excluding hydrogens is 259 g/mol. The minimum atomic E-state index is -0.0813. The normalized spacial score (nSPS) is 12.4. The number of benzene rings is 1. The number of hydrogen-bond acceptors (Lipinski definition) is 3. The molecular formula is C12H12Cl2N2O. The van der Waals surface area contributed by atoms with Gasteiger partial charge in [0.25, 0.3) is 0 Å². The van der Waals surface area contributed by atoms with Gasteiger partial charge < -0.3 is 15.5 Å². The van der Waals surface area contributed by atoms with Gasteiger partial charge in [0.15, 0.2) is 0 Å². The van der Waals surface area contributed by atoms with Crippen LogP contribution in [-0.2, 0) is 0 Å². The molecule has 2 rings (SSSR count). The number of furan rings is 1. The van der Waals surface area contributed by atoms with Crippen molar-refractivity contribution in [3.8, 4) is 0 Å². The van der Waals surface area contributed by atoms with Crippen molar-refractivity contribution in [2.45, 2.75) is 6.04 Å². The fraction of sp³-hybridized carbons (Fsp3) is 0.167. The molecule has 90 valence electrons. The average Bonchev–Trinajstić information content (AvgIpc) is 2.84. The van der Waals surface area contributed by atoms with E-state index in [9.17, 15) is 0 Å². The van der Waals surface area contributed by atoms with Crippen LogP contribution in [0, 0.1) is 0 Å². The van der Waals surface area contributed by atoms with Gasteiger partial charge in [-0.15, -0.1) is 0 Å². The first-order valence-corrected chi connectivity index (χ1v) is 5.91. The van der Waals surface area contributed by atoms with Gasteiger partial charge in [0.1, 0.15) is 5.76 Å². The lowest BCUT2D eigenvalue weighted by molar-refractivity contribution is 0.482. The van der Waals surface area contributed by atoms with Crippen molar-refractivity contribution in [1.82, 2.24) is 0 Å². The zero-order valence-electron chi connectivity index (χ0n) is 8.99. The number of anilines is 1. The van der Waals surface area contributed by atoms with E-state index in [1.807, 2.05) is 18.2 Å². The molecule has 1 aromatic carbocycles. The fourth-order valence-corrected chi connectivity index (χ4v) is 1.82. The Morgan fingerprint density at radius 1 is 1.24 bits per heavy atom. The van der Waals surface area contributed by atoms with Gasteiger partial charge >= 0.3 is 0 Å². The molecule has 0 spiro atoms. The molecule has 0 aliphatic rings. The van der Waals surface area contributed by atoms with Crippen LogP contribution < -0.4 is 11.1 Å². The first-order chi connectivity index (χ1) is 8.20. The van der Waals surface area contributed by atoms with Crippen LogP contribution in [0.4, 0.5) is 5.69 Å². The van der Waals surface area contributed by atoms with Gasteiger partial charge in [0, 0.05) is 12.2 Å². The molecule has 17 heavy (non-hydrogen) atoms. The smallest absolute Gasteiger partial charge is 0.127 e. The minimum Gasteiger partial charge on any atom is -0.467 e. The molecule has 0 amide bonds. The van der Waals surface area contributed by atoms with Crippen LogP contribution in [0.15, 0.2) is 41.0 Å². The third kappa shape index (κ3) is 2.94. The molecule has 5 heteroatoms. The van der Waals surface area contributed by atoms with E-state index >= 15 is 0 Å². The SMILES string of the molecule is NCC(Nc1ccc(Cl)c(Cl)c1)c1ccco1. The van der Waals surface area contributed by atoms with E-state index in [4.69, 9.17) is 33.4 Å². The first kappa shape index (κ1) is 12.3. The largest absolute Gasteiger partial charge is 0.467 e. The number of halogens is 2. The Bertz CT molecular complexity index is 485. The van der Waals surface area contributed by atoms with Crippen molar-refractivity contribution in [2.75, 3.05) is 11.9 Å². The molecule has 3 nitrogen and oxygen atoms in total. The summed E-state index contributed by atoms with van der Waals surface area (Å²) in [6.45, 7) is 0.424. The highest BCUT2D eigenvalue weighted by molar-refractivity contribution is 6.42. The molecule has 1 unspecified atom stereocenters. The van der Waals surface area contributed by atoms with Crippen molar-refractivity contribution >= 4 is 28.9 Å². The molecule has 0 fully saturated rings. The molecule has 3 N–H and O–H groups in total. The van der Waals surface area contributed by atoms with Crippen LogP contribution in [0.25, 0.3) is 0 Å². The monoisotopic (exact) mass is 270 g/mol. The maximum absolute atomic E-state index is 5.94. The summed E-state index contributed by atoms with van der Waals surface area (Å²) in [4.78, 5) is 0. The van der Waals surface area contributed by atoms with E-state index < -0.39 is 0 Å². The average molecular weight is 271 g/mol. The second-order valence-electron chi connectivity index (χ2n) is 3.58. The van der Waals surface area contributed by atoms with Crippen LogP contribution in [0.2, 0.25) is 10.0 Å². The summed E-state index contributed by atoms with van der Waals surface area (Å²) < 4.78 is 5.31. The summed E-state index contributed by atoms with van der Waals surface area (Å²) in [5.74, 6) is 0.790. The summed E-state index contributed by atoms with van der Waals surface area (Å²) in [5, 5.41) is 4.27. The van der Waals surface area contributed by atoms with Gasteiger partial charge in [-0.3, -0.25) is 0 Å². The van der Waals surface area contributed by atoms with E-state index in [0.29, 0.717) is 16.6 Å². The molecule has 2 aromatic rings. The highest BCUT2D eigenvalue weighted by atomic mass is 35.5. The third-order valence-electron chi connectivity index (χ3n) is 2.38. The van der Waals surface area contributed by atoms with Gasteiger partial charge in [-0.25, -0.2) is 0 Å². The Kier molecular flexibility index (Phi) is 3.94. The lowest BCUT2D eigenvalue weighted by Gasteiger charge is -2.16. The molecule has 0 aliphatic heterocycles. The van der Waals surface area contributed by atoms with Crippen LogP contribution in [0.5, 0.6) is 0 Å². The predicted molar refractivity (Wildman–Crippen MR) is 70.6 cm³/mol. The first-order valence-electron chi connectivity index (χ1n) is 5.16. The fourth-order valence-electron chi connectivity index (χ4n) is 1.52. The minimum absolute atomic E-state index is 0.0813. The number of nitrogens with one attached hydrogen (secondary N) is 1. The summed E-state index contributed by atoms with van der Waals surface area (Å²) in [7, 11) is 0. The van der Waals surface area contributed by atoms with E-state index in [1.54, 1.807) is 18.4 Å². The van der Waals surface area contributed by atoms with Crippen molar-refractivity contribution < 1.29 is 4.42 Å². The summed E-state index contributed by atoms with van der Waals surface area (Å²) in [5.41, 5.74) is 6.55. The maximum Gasteiger partial charge on any atom is 0.127 e. The van der Waals surface area contributed by atoms with Gasteiger partial charge in [-0.05, 0) is 30.3 Å². The Hall–Kier alpha value is -1.16. The molecule has 1 aromatic heterocycles. The van der Waals surface area contributed by atoms with Crippen LogP contribution in [0.3, 0.4) is 0 Å². The lowest BCUT2D eigenvalue weighted by Crippen LogP contribution is -2.19. The highest BCUT2D eigenvalue weighted by Crippen LogP contribution is 2.27. The van der Waals surface area contributed by atoms with Crippen molar-refractivity contribution in [1.29, 1.82) is 0 Å².